The molecule has 1 aliphatic carbocycles. The molecule has 2 heteroatoms. The lowest BCUT2D eigenvalue weighted by Crippen LogP contribution is -2.34. The minimum absolute atomic E-state index is 0.0469. The molecule has 0 heterocycles. The molecule has 0 aliphatic heterocycles. The second-order valence-electron chi connectivity index (χ2n) is 9.52. The van der Waals surface area contributed by atoms with Crippen molar-refractivity contribution in [1.82, 2.24) is 0 Å². The predicted octanol–water partition coefficient (Wildman–Crippen LogP) is 5.18. The first-order valence-electron chi connectivity index (χ1n) is 10.3. The van der Waals surface area contributed by atoms with Crippen molar-refractivity contribution >= 4 is 0 Å². The fourth-order valence-corrected chi connectivity index (χ4v) is 4.24. The van der Waals surface area contributed by atoms with Crippen molar-refractivity contribution in [3.63, 3.8) is 0 Å². The molecule has 1 aromatic rings. The van der Waals surface area contributed by atoms with Crippen LogP contribution in [-0.4, -0.2) is 17.8 Å². The quantitative estimate of drug-likeness (QED) is 0.661. The third-order valence-corrected chi connectivity index (χ3v) is 6.41. The molecule has 3 N–H and O–H groups in total. The lowest BCUT2D eigenvalue weighted by atomic mass is 9.62. The standard InChI is InChI=1S/C24H39NO/c1-7-9-22(25)19(16-26)11-8-10-18-15-21-20(14-17(18)2)23(3,4)12-13-24(21,5)6/h8,11,14-15,19,22,26H,7,9-10,12-13,16,25H2,1-6H3/b11-8+. The first-order chi connectivity index (χ1) is 12.1. The molecule has 0 amide bonds. The SMILES string of the molecule is CCCC(N)C(/C=C/Cc1cc2c(cc1C)C(C)(C)CCC2(C)C)CO. The summed E-state index contributed by atoms with van der Waals surface area (Å²) in [6, 6.07) is 4.91. The topological polar surface area (TPSA) is 46.2 Å². The maximum atomic E-state index is 9.63. The Morgan fingerprint density at radius 2 is 1.69 bits per heavy atom. The summed E-state index contributed by atoms with van der Waals surface area (Å²) in [6.07, 6.45) is 9.73. The van der Waals surface area contributed by atoms with Gasteiger partial charge in [0.15, 0.2) is 0 Å². The third-order valence-electron chi connectivity index (χ3n) is 6.41. The number of aryl methyl sites for hydroxylation is 1. The Morgan fingerprint density at radius 3 is 2.23 bits per heavy atom. The summed E-state index contributed by atoms with van der Waals surface area (Å²) >= 11 is 0. The second kappa shape index (κ2) is 8.27. The van der Waals surface area contributed by atoms with E-state index in [0.717, 1.165) is 19.3 Å². The van der Waals surface area contributed by atoms with E-state index in [4.69, 9.17) is 5.73 Å². The summed E-state index contributed by atoms with van der Waals surface area (Å²) in [4.78, 5) is 0. The smallest absolute Gasteiger partial charge is 0.0508 e. The minimum Gasteiger partial charge on any atom is -0.396 e. The zero-order valence-corrected chi connectivity index (χ0v) is 17.7. The van der Waals surface area contributed by atoms with E-state index in [1.807, 2.05) is 0 Å². The molecule has 0 aromatic heterocycles. The third kappa shape index (κ3) is 4.58. The van der Waals surface area contributed by atoms with E-state index < -0.39 is 0 Å². The van der Waals surface area contributed by atoms with E-state index in [1.165, 1.54) is 35.1 Å². The highest BCUT2D eigenvalue weighted by molar-refractivity contribution is 5.47. The van der Waals surface area contributed by atoms with Crippen LogP contribution >= 0.6 is 0 Å². The largest absolute Gasteiger partial charge is 0.396 e. The maximum Gasteiger partial charge on any atom is 0.0508 e. The van der Waals surface area contributed by atoms with Gasteiger partial charge < -0.3 is 10.8 Å². The first-order valence-corrected chi connectivity index (χ1v) is 10.3. The molecule has 26 heavy (non-hydrogen) atoms. The van der Waals surface area contributed by atoms with Crippen LogP contribution in [0, 0.1) is 12.8 Å². The molecule has 0 saturated carbocycles. The van der Waals surface area contributed by atoms with Gasteiger partial charge in [-0.25, -0.2) is 0 Å². The maximum absolute atomic E-state index is 9.63. The monoisotopic (exact) mass is 357 g/mol. The number of fused-ring (bicyclic) bond motifs is 1. The molecule has 1 aliphatic rings. The van der Waals surface area contributed by atoms with Crippen molar-refractivity contribution in [1.29, 1.82) is 0 Å². The zero-order chi connectivity index (χ0) is 19.5. The number of allylic oxidation sites excluding steroid dienone is 1. The average Bonchev–Trinajstić information content (AvgIpc) is 2.57. The molecular weight excluding hydrogens is 318 g/mol. The Bertz CT molecular complexity index is 642. The lowest BCUT2D eigenvalue weighted by molar-refractivity contribution is 0.229. The van der Waals surface area contributed by atoms with Crippen molar-refractivity contribution in [3.05, 3.63) is 46.5 Å². The molecule has 2 nitrogen and oxygen atoms in total. The molecule has 2 unspecified atom stereocenters. The Hall–Kier alpha value is -1.12. The Labute approximate surface area is 160 Å². The van der Waals surface area contributed by atoms with E-state index in [9.17, 15) is 5.11 Å². The van der Waals surface area contributed by atoms with Gasteiger partial charge >= 0.3 is 0 Å². The van der Waals surface area contributed by atoms with Gasteiger partial charge in [-0.05, 0) is 65.7 Å². The Kier molecular flexibility index (Phi) is 6.74. The highest BCUT2D eigenvalue weighted by Gasteiger charge is 2.37. The van der Waals surface area contributed by atoms with Crippen molar-refractivity contribution < 1.29 is 5.11 Å². The van der Waals surface area contributed by atoms with Gasteiger partial charge in [0.05, 0.1) is 6.61 Å². The number of hydrogen-bond acceptors (Lipinski definition) is 2. The molecule has 0 spiro atoms. The molecule has 2 atom stereocenters. The lowest BCUT2D eigenvalue weighted by Gasteiger charge is -2.42. The highest BCUT2D eigenvalue weighted by atomic mass is 16.3. The highest BCUT2D eigenvalue weighted by Crippen LogP contribution is 2.46. The summed E-state index contributed by atoms with van der Waals surface area (Å²) in [6.45, 7) is 14.0. The van der Waals surface area contributed by atoms with Crippen molar-refractivity contribution in [2.45, 2.75) is 90.5 Å². The van der Waals surface area contributed by atoms with E-state index in [2.05, 4.69) is 65.8 Å². The number of nitrogens with two attached hydrogens (primary N) is 1. The molecule has 0 radical (unpaired) electrons. The van der Waals surface area contributed by atoms with Crippen LogP contribution in [0.25, 0.3) is 0 Å². The van der Waals surface area contributed by atoms with Gasteiger partial charge in [-0.3, -0.25) is 0 Å². The van der Waals surface area contributed by atoms with Crippen molar-refractivity contribution in [2.75, 3.05) is 6.61 Å². The van der Waals surface area contributed by atoms with E-state index in [-0.39, 0.29) is 29.4 Å². The summed E-state index contributed by atoms with van der Waals surface area (Å²) < 4.78 is 0. The Morgan fingerprint density at radius 1 is 1.12 bits per heavy atom. The first kappa shape index (κ1) is 21.2. The average molecular weight is 358 g/mol. The molecule has 0 saturated heterocycles. The van der Waals surface area contributed by atoms with Gasteiger partial charge in [0.2, 0.25) is 0 Å². The van der Waals surface area contributed by atoms with Crippen LogP contribution in [0.3, 0.4) is 0 Å². The van der Waals surface area contributed by atoms with Crippen LogP contribution in [-0.2, 0) is 17.3 Å². The van der Waals surface area contributed by atoms with Gasteiger partial charge in [0.25, 0.3) is 0 Å². The number of aliphatic hydroxyl groups is 1. The van der Waals surface area contributed by atoms with Gasteiger partial charge in [-0.1, -0.05) is 65.3 Å². The number of aliphatic hydroxyl groups excluding tert-OH is 1. The van der Waals surface area contributed by atoms with Crippen molar-refractivity contribution in [2.24, 2.45) is 11.7 Å². The molecule has 2 rings (SSSR count). The summed E-state index contributed by atoms with van der Waals surface area (Å²) in [7, 11) is 0. The number of rotatable bonds is 7. The fraction of sp³-hybridized carbons (Fsp3) is 0.667. The van der Waals surface area contributed by atoms with Crippen LogP contribution in [0.4, 0.5) is 0 Å². The molecule has 1 aromatic carbocycles. The zero-order valence-electron chi connectivity index (χ0n) is 17.7. The number of benzene rings is 1. The van der Waals surface area contributed by atoms with Crippen LogP contribution in [0.1, 0.15) is 82.6 Å². The molecular formula is C24H39NO. The second-order valence-corrected chi connectivity index (χ2v) is 9.52. The summed E-state index contributed by atoms with van der Waals surface area (Å²) in [5.74, 6) is 0.0586. The van der Waals surface area contributed by atoms with Gasteiger partial charge in [-0.2, -0.15) is 0 Å². The van der Waals surface area contributed by atoms with Crippen LogP contribution in [0.2, 0.25) is 0 Å². The molecule has 0 bridgehead atoms. The van der Waals surface area contributed by atoms with Gasteiger partial charge in [0, 0.05) is 12.0 Å². The van der Waals surface area contributed by atoms with Crippen LogP contribution in [0.5, 0.6) is 0 Å². The van der Waals surface area contributed by atoms with Gasteiger partial charge in [-0.15, -0.1) is 0 Å². The van der Waals surface area contributed by atoms with E-state index in [0.29, 0.717) is 0 Å². The fourth-order valence-electron chi connectivity index (χ4n) is 4.24. The summed E-state index contributed by atoms with van der Waals surface area (Å²) in [5, 5.41) is 9.63. The molecule has 0 fully saturated rings. The summed E-state index contributed by atoms with van der Waals surface area (Å²) in [5.41, 5.74) is 12.5. The Balaban J connectivity index is 2.25. The van der Waals surface area contributed by atoms with Crippen LogP contribution < -0.4 is 5.73 Å². The predicted molar refractivity (Wildman–Crippen MR) is 113 cm³/mol. The molecule has 146 valence electrons. The van der Waals surface area contributed by atoms with Crippen molar-refractivity contribution in [3.8, 4) is 0 Å². The van der Waals surface area contributed by atoms with E-state index in [1.54, 1.807) is 0 Å². The number of hydrogen-bond donors (Lipinski definition) is 2. The van der Waals surface area contributed by atoms with E-state index >= 15 is 0 Å². The normalized spacial score (nSPS) is 20.8. The van der Waals surface area contributed by atoms with Crippen LogP contribution in [0.15, 0.2) is 24.3 Å². The van der Waals surface area contributed by atoms with Gasteiger partial charge in [0.1, 0.15) is 0 Å². The minimum atomic E-state index is 0.0469.